The molecule has 0 radical (unpaired) electrons. The highest BCUT2D eigenvalue weighted by Gasteiger charge is 2.38. The van der Waals surface area contributed by atoms with Crippen molar-refractivity contribution in [2.24, 2.45) is 0 Å². The number of carbonyl (C=O) groups is 2. The molecule has 2 aromatic carbocycles. The molecule has 0 spiro atoms. The standard InChI is InChI=1S/C24H27N5O4/c1-33-16-20-13-28(27-26-20)15-23(31)29-14-21(30)11-22(29)24(32)25-12-17-7-9-19(10-8-17)18-5-3-2-4-6-18/h2-10,13,21-22,30H,11-12,14-16H2,1H3,(H,25,32)/t21-,22+/m1/s1. The van der Waals surface area contributed by atoms with Crippen molar-refractivity contribution in [3.8, 4) is 11.1 Å². The minimum absolute atomic E-state index is 0.0613. The Hall–Kier alpha value is -3.56. The number of amides is 2. The van der Waals surface area contributed by atoms with Crippen LogP contribution in [0.2, 0.25) is 0 Å². The van der Waals surface area contributed by atoms with Gasteiger partial charge in [0.2, 0.25) is 11.8 Å². The van der Waals surface area contributed by atoms with Gasteiger partial charge in [-0.3, -0.25) is 9.59 Å². The van der Waals surface area contributed by atoms with Crippen molar-refractivity contribution in [2.45, 2.75) is 38.3 Å². The Kier molecular flexibility index (Phi) is 7.11. The van der Waals surface area contributed by atoms with E-state index in [1.54, 1.807) is 13.3 Å². The predicted octanol–water partition coefficient (Wildman–Crippen LogP) is 1.37. The maximum absolute atomic E-state index is 12.8. The van der Waals surface area contributed by atoms with Crippen molar-refractivity contribution in [3.05, 3.63) is 72.1 Å². The van der Waals surface area contributed by atoms with E-state index in [4.69, 9.17) is 4.74 Å². The first-order valence-electron chi connectivity index (χ1n) is 10.8. The van der Waals surface area contributed by atoms with Crippen molar-refractivity contribution >= 4 is 11.8 Å². The number of benzene rings is 2. The molecule has 3 aromatic rings. The molecule has 0 bridgehead atoms. The largest absolute Gasteiger partial charge is 0.391 e. The average molecular weight is 450 g/mol. The molecule has 2 atom stereocenters. The smallest absolute Gasteiger partial charge is 0.245 e. The summed E-state index contributed by atoms with van der Waals surface area (Å²) in [5, 5.41) is 20.8. The quantitative estimate of drug-likeness (QED) is 0.538. The van der Waals surface area contributed by atoms with Gasteiger partial charge in [-0.15, -0.1) is 5.10 Å². The molecule has 9 nitrogen and oxygen atoms in total. The fourth-order valence-electron chi connectivity index (χ4n) is 3.95. The van der Waals surface area contributed by atoms with Gasteiger partial charge in [0, 0.05) is 26.6 Å². The number of carbonyl (C=O) groups excluding carboxylic acids is 2. The topological polar surface area (TPSA) is 110 Å². The van der Waals surface area contributed by atoms with E-state index in [-0.39, 0.29) is 31.3 Å². The number of ether oxygens (including phenoxy) is 1. The second-order valence-electron chi connectivity index (χ2n) is 8.07. The van der Waals surface area contributed by atoms with Crippen LogP contribution in [0.15, 0.2) is 60.8 Å². The first kappa shape index (κ1) is 22.6. The summed E-state index contributed by atoms with van der Waals surface area (Å²) in [7, 11) is 1.55. The molecule has 1 aliphatic rings. The van der Waals surface area contributed by atoms with Crippen molar-refractivity contribution in [3.63, 3.8) is 0 Å². The summed E-state index contributed by atoms with van der Waals surface area (Å²) < 4.78 is 6.41. The molecule has 2 heterocycles. The van der Waals surface area contributed by atoms with Crippen LogP contribution in [-0.4, -0.2) is 62.6 Å². The van der Waals surface area contributed by atoms with Crippen molar-refractivity contribution in [1.82, 2.24) is 25.2 Å². The van der Waals surface area contributed by atoms with Gasteiger partial charge in [0.05, 0.1) is 18.9 Å². The van der Waals surface area contributed by atoms with Crippen LogP contribution in [0.4, 0.5) is 0 Å². The van der Waals surface area contributed by atoms with Crippen LogP contribution < -0.4 is 5.32 Å². The number of aliphatic hydroxyl groups excluding tert-OH is 1. The zero-order chi connectivity index (χ0) is 23.2. The second-order valence-corrected chi connectivity index (χ2v) is 8.07. The zero-order valence-corrected chi connectivity index (χ0v) is 18.4. The Morgan fingerprint density at radius 3 is 2.58 bits per heavy atom. The first-order valence-corrected chi connectivity index (χ1v) is 10.8. The lowest BCUT2D eigenvalue weighted by Crippen LogP contribution is -2.46. The Bertz CT molecular complexity index is 1080. The lowest BCUT2D eigenvalue weighted by molar-refractivity contribution is -0.139. The number of rotatable bonds is 8. The highest BCUT2D eigenvalue weighted by atomic mass is 16.5. The Morgan fingerprint density at radius 1 is 1.12 bits per heavy atom. The summed E-state index contributed by atoms with van der Waals surface area (Å²) >= 11 is 0. The molecule has 1 saturated heterocycles. The summed E-state index contributed by atoms with van der Waals surface area (Å²) in [6, 6.07) is 17.3. The molecular formula is C24H27N5O4. The third-order valence-electron chi connectivity index (χ3n) is 5.61. The van der Waals surface area contributed by atoms with E-state index >= 15 is 0 Å². The van der Waals surface area contributed by atoms with Gasteiger partial charge in [0.25, 0.3) is 0 Å². The van der Waals surface area contributed by atoms with Gasteiger partial charge in [-0.2, -0.15) is 0 Å². The summed E-state index contributed by atoms with van der Waals surface area (Å²) in [6.07, 6.45) is 1.09. The highest BCUT2D eigenvalue weighted by Crippen LogP contribution is 2.21. The normalized spacial score (nSPS) is 17.8. The van der Waals surface area contributed by atoms with Gasteiger partial charge in [-0.05, 0) is 16.7 Å². The van der Waals surface area contributed by atoms with Gasteiger partial charge in [0.1, 0.15) is 18.3 Å². The Morgan fingerprint density at radius 2 is 1.85 bits per heavy atom. The summed E-state index contributed by atoms with van der Waals surface area (Å²) in [5.74, 6) is -0.585. The number of β-amino-alcohol motifs (C(OH)–C–C–N with tert-alkyl or cyclic N) is 1. The molecule has 0 unspecified atom stereocenters. The van der Waals surface area contributed by atoms with Crippen LogP contribution in [0.5, 0.6) is 0 Å². The molecule has 9 heteroatoms. The highest BCUT2D eigenvalue weighted by molar-refractivity contribution is 5.88. The third kappa shape index (κ3) is 5.63. The SMILES string of the molecule is COCc1cn(CC(=O)N2C[C@H](O)C[C@H]2C(=O)NCc2ccc(-c3ccccc3)cc2)nn1. The fourth-order valence-corrected chi connectivity index (χ4v) is 3.95. The van der Waals surface area contributed by atoms with Gasteiger partial charge < -0.3 is 20.1 Å². The molecule has 2 N–H and O–H groups in total. The molecule has 2 amide bonds. The minimum Gasteiger partial charge on any atom is -0.391 e. The summed E-state index contributed by atoms with van der Waals surface area (Å²) in [6.45, 7) is 0.691. The number of nitrogens with one attached hydrogen (secondary N) is 1. The number of methoxy groups -OCH3 is 1. The number of hydrogen-bond acceptors (Lipinski definition) is 6. The van der Waals surface area contributed by atoms with Crippen molar-refractivity contribution in [2.75, 3.05) is 13.7 Å². The molecule has 172 valence electrons. The number of aromatic nitrogens is 3. The third-order valence-corrected chi connectivity index (χ3v) is 5.61. The molecular weight excluding hydrogens is 422 g/mol. The van der Waals surface area contributed by atoms with E-state index in [0.29, 0.717) is 18.8 Å². The van der Waals surface area contributed by atoms with E-state index in [2.05, 4.69) is 15.6 Å². The minimum atomic E-state index is -0.741. The van der Waals surface area contributed by atoms with Crippen molar-refractivity contribution < 1.29 is 19.4 Å². The van der Waals surface area contributed by atoms with Crippen LogP contribution in [0.25, 0.3) is 11.1 Å². The van der Waals surface area contributed by atoms with Crippen LogP contribution in [0.1, 0.15) is 17.7 Å². The lowest BCUT2D eigenvalue weighted by Gasteiger charge is -2.23. The average Bonchev–Trinajstić information content (AvgIpc) is 3.45. The second kappa shape index (κ2) is 10.4. The Labute approximate surface area is 192 Å². The first-order chi connectivity index (χ1) is 16.0. The van der Waals surface area contributed by atoms with Gasteiger partial charge in [0.15, 0.2) is 0 Å². The molecule has 1 aliphatic heterocycles. The summed E-state index contributed by atoms with van der Waals surface area (Å²) in [5.41, 5.74) is 3.79. The van der Waals surface area contributed by atoms with Crippen LogP contribution >= 0.6 is 0 Å². The van der Waals surface area contributed by atoms with E-state index in [1.165, 1.54) is 9.58 Å². The van der Waals surface area contributed by atoms with Crippen LogP contribution in [-0.2, 0) is 34.0 Å². The zero-order valence-electron chi connectivity index (χ0n) is 18.4. The molecule has 0 saturated carbocycles. The number of nitrogens with zero attached hydrogens (tertiary/aromatic N) is 4. The molecule has 1 aromatic heterocycles. The molecule has 1 fully saturated rings. The Balaban J connectivity index is 1.34. The monoisotopic (exact) mass is 449 g/mol. The van der Waals surface area contributed by atoms with Crippen LogP contribution in [0, 0.1) is 0 Å². The van der Waals surface area contributed by atoms with Gasteiger partial charge >= 0.3 is 0 Å². The van der Waals surface area contributed by atoms with Crippen LogP contribution in [0.3, 0.4) is 0 Å². The van der Waals surface area contributed by atoms with Gasteiger partial charge in [-0.25, -0.2) is 4.68 Å². The number of aliphatic hydroxyl groups is 1. The molecule has 0 aliphatic carbocycles. The van der Waals surface area contributed by atoms with E-state index in [0.717, 1.165) is 16.7 Å². The van der Waals surface area contributed by atoms with Gasteiger partial charge in [-0.1, -0.05) is 59.8 Å². The van der Waals surface area contributed by atoms with E-state index < -0.39 is 12.1 Å². The number of likely N-dealkylation sites (tertiary alicyclic amines) is 1. The fraction of sp³-hybridized carbons (Fsp3) is 0.333. The van der Waals surface area contributed by atoms with Crippen molar-refractivity contribution in [1.29, 1.82) is 0 Å². The molecule has 4 rings (SSSR count). The maximum Gasteiger partial charge on any atom is 0.245 e. The molecule has 33 heavy (non-hydrogen) atoms. The lowest BCUT2D eigenvalue weighted by atomic mass is 10.0. The number of hydrogen-bond donors (Lipinski definition) is 2. The maximum atomic E-state index is 12.8. The predicted molar refractivity (Wildman–Crippen MR) is 121 cm³/mol. The van der Waals surface area contributed by atoms with E-state index in [9.17, 15) is 14.7 Å². The van der Waals surface area contributed by atoms with E-state index in [1.807, 2.05) is 54.6 Å². The summed E-state index contributed by atoms with van der Waals surface area (Å²) in [4.78, 5) is 27.1.